The summed E-state index contributed by atoms with van der Waals surface area (Å²) >= 11 is 0. The highest BCUT2D eigenvalue weighted by molar-refractivity contribution is 5.97. The van der Waals surface area contributed by atoms with Crippen molar-refractivity contribution in [3.05, 3.63) is 67.3 Å². The van der Waals surface area contributed by atoms with Crippen LogP contribution >= 0.6 is 0 Å². The molecule has 0 aliphatic heterocycles. The van der Waals surface area contributed by atoms with E-state index in [0.29, 0.717) is 34.7 Å². The van der Waals surface area contributed by atoms with E-state index in [1.54, 1.807) is 30.7 Å². The number of halogens is 1. The predicted molar refractivity (Wildman–Crippen MR) is 146 cm³/mol. The number of pyridine rings is 4. The standard InChI is InChI=1S/C28H24FN9O/c1-28(2,3)11-20(39)34-17-10-16(12-31-13-17)18-14-33-26-21(22(18)29)25(37-38-26)27-35-19-6-9-32-23(24(19)36-27)15-4-7-30-8-5-15/h4-10,12-14H,11H2,1-3H3,(H,34,39)(H,35,36)(H,33,37,38). The lowest BCUT2D eigenvalue weighted by Gasteiger charge is -2.17. The highest BCUT2D eigenvalue weighted by Crippen LogP contribution is 2.34. The Labute approximate surface area is 222 Å². The quantitative estimate of drug-likeness (QED) is 0.271. The Morgan fingerprint density at radius 2 is 1.79 bits per heavy atom. The van der Waals surface area contributed by atoms with Gasteiger partial charge in [-0.1, -0.05) is 20.8 Å². The fraction of sp³-hybridized carbons (Fsp3) is 0.179. The summed E-state index contributed by atoms with van der Waals surface area (Å²) in [5.41, 5.74) is 4.46. The zero-order valence-corrected chi connectivity index (χ0v) is 21.5. The van der Waals surface area contributed by atoms with Crippen molar-refractivity contribution >= 4 is 33.7 Å². The molecular formula is C28H24FN9O. The second-order valence-electron chi connectivity index (χ2n) is 10.4. The maximum Gasteiger partial charge on any atom is 0.224 e. The third-order valence-electron chi connectivity index (χ3n) is 6.13. The van der Waals surface area contributed by atoms with E-state index in [9.17, 15) is 4.79 Å². The zero-order chi connectivity index (χ0) is 27.1. The number of H-pyrrole nitrogens is 2. The molecule has 0 spiro atoms. The fourth-order valence-corrected chi connectivity index (χ4v) is 4.44. The average Bonchev–Trinajstić information content (AvgIpc) is 3.53. The van der Waals surface area contributed by atoms with Gasteiger partial charge in [0, 0.05) is 54.1 Å². The molecule has 11 heteroatoms. The summed E-state index contributed by atoms with van der Waals surface area (Å²) in [5, 5.41) is 10.2. The van der Waals surface area contributed by atoms with Crippen LogP contribution in [-0.2, 0) is 4.79 Å². The van der Waals surface area contributed by atoms with Gasteiger partial charge in [0.05, 0.1) is 28.5 Å². The number of carbonyl (C=O) groups is 1. The maximum atomic E-state index is 16.1. The van der Waals surface area contributed by atoms with Gasteiger partial charge in [-0.2, -0.15) is 5.10 Å². The minimum atomic E-state index is -0.531. The van der Waals surface area contributed by atoms with Crippen LogP contribution in [0, 0.1) is 11.2 Å². The molecule has 0 aliphatic carbocycles. The lowest BCUT2D eigenvalue weighted by molar-refractivity contribution is -0.117. The highest BCUT2D eigenvalue weighted by atomic mass is 19.1. The predicted octanol–water partition coefficient (Wildman–Crippen LogP) is 5.53. The molecule has 0 aromatic carbocycles. The van der Waals surface area contributed by atoms with E-state index in [4.69, 9.17) is 4.98 Å². The second kappa shape index (κ2) is 9.35. The first-order valence-corrected chi connectivity index (χ1v) is 12.3. The third-order valence-corrected chi connectivity index (χ3v) is 6.13. The van der Waals surface area contributed by atoms with E-state index in [1.165, 1.54) is 18.6 Å². The first-order chi connectivity index (χ1) is 18.8. The number of fused-ring (bicyclic) bond motifs is 2. The summed E-state index contributed by atoms with van der Waals surface area (Å²) in [4.78, 5) is 37.5. The molecule has 0 aliphatic rings. The van der Waals surface area contributed by atoms with Crippen molar-refractivity contribution in [1.29, 1.82) is 0 Å². The Hall–Kier alpha value is -5.06. The van der Waals surface area contributed by atoms with Gasteiger partial charge >= 0.3 is 0 Å². The second-order valence-corrected chi connectivity index (χ2v) is 10.4. The molecule has 0 bridgehead atoms. The molecular weight excluding hydrogens is 497 g/mol. The minimum Gasteiger partial charge on any atom is -0.336 e. The summed E-state index contributed by atoms with van der Waals surface area (Å²) in [6.07, 6.45) is 9.87. The number of nitrogens with one attached hydrogen (secondary N) is 3. The number of imidazole rings is 1. The van der Waals surface area contributed by atoms with Gasteiger partial charge in [-0.15, -0.1) is 0 Å². The number of nitrogens with zero attached hydrogens (tertiary/aromatic N) is 6. The van der Waals surface area contributed by atoms with Crippen LogP contribution in [0.1, 0.15) is 27.2 Å². The van der Waals surface area contributed by atoms with Crippen LogP contribution in [0.15, 0.2) is 61.4 Å². The van der Waals surface area contributed by atoms with E-state index in [0.717, 1.165) is 11.1 Å². The van der Waals surface area contributed by atoms with E-state index in [-0.39, 0.29) is 33.6 Å². The summed E-state index contributed by atoms with van der Waals surface area (Å²) < 4.78 is 16.1. The van der Waals surface area contributed by atoms with Gasteiger partial charge < -0.3 is 10.3 Å². The molecule has 6 rings (SSSR count). The van der Waals surface area contributed by atoms with Gasteiger partial charge in [-0.05, 0) is 29.7 Å². The van der Waals surface area contributed by atoms with E-state index >= 15 is 4.39 Å². The molecule has 0 unspecified atom stereocenters. The van der Waals surface area contributed by atoms with Crippen molar-refractivity contribution < 1.29 is 9.18 Å². The van der Waals surface area contributed by atoms with Crippen molar-refractivity contribution in [3.8, 4) is 33.9 Å². The third kappa shape index (κ3) is 4.70. The number of anilines is 1. The van der Waals surface area contributed by atoms with Gasteiger partial charge in [-0.3, -0.25) is 24.8 Å². The minimum absolute atomic E-state index is 0.141. The smallest absolute Gasteiger partial charge is 0.224 e. The van der Waals surface area contributed by atoms with Gasteiger partial charge in [0.2, 0.25) is 5.91 Å². The molecule has 194 valence electrons. The monoisotopic (exact) mass is 521 g/mol. The fourth-order valence-electron chi connectivity index (χ4n) is 4.44. The molecule has 0 saturated heterocycles. The van der Waals surface area contributed by atoms with Crippen LogP contribution in [0.4, 0.5) is 10.1 Å². The van der Waals surface area contributed by atoms with Crippen molar-refractivity contribution in [2.45, 2.75) is 27.2 Å². The number of hydrogen-bond acceptors (Lipinski definition) is 7. The molecule has 39 heavy (non-hydrogen) atoms. The molecule has 3 N–H and O–H groups in total. The Bertz CT molecular complexity index is 1840. The number of hydrogen-bond donors (Lipinski definition) is 3. The number of aromatic amines is 2. The van der Waals surface area contributed by atoms with Crippen molar-refractivity contribution in [3.63, 3.8) is 0 Å². The number of amides is 1. The normalized spacial score (nSPS) is 11.8. The van der Waals surface area contributed by atoms with Crippen LogP contribution in [0.5, 0.6) is 0 Å². The molecule has 6 heterocycles. The molecule has 0 saturated carbocycles. The molecule has 0 fully saturated rings. The van der Waals surface area contributed by atoms with Gasteiger partial charge in [0.25, 0.3) is 0 Å². The summed E-state index contributed by atoms with van der Waals surface area (Å²) in [5.74, 6) is -0.298. The lowest BCUT2D eigenvalue weighted by atomic mass is 9.92. The SMILES string of the molecule is CC(C)(C)CC(=O)Nc1cncc(-c2cnc3[nH]nc(-c4nc5c(-c6ccncc6)nccc5[nH]4)c3c2F)c1. The average molecular weight is 522 g/mol. The van der Waals surface area contributed by atoms with Gasteiger partial charge in [0.1, 0.15) is 17.0 Å². The molecule has 0 atom stereocenters. The topological polar surface area (TPSA) is 138 Å². The van der Waals surface area contributed by atoms with Crippen LogP contribution in [-0.4, -0.2) is 46.0 Å². The van der Waals surface area contributed by atoms with Crippen LogP contribution < -0.4 is 5.32 Å². The van der Waals surface area contributed by atoms with Crippen molar-refractivity contribution in [2.24, 2.45) is 5.41 Å². The largest absolute Gasteiger partial charge is 0.336 e. The Morgan fingerprint density at radius 3 is 2.59 bits per heavy atom. The zero-order valence-electron chi connectivity index (χ0n) is 21.5. The molecule has 0 radical (unpaired) electrons. The van der Waals surface area contributed by atoms with Crippen LogP contribution in [0.2, 0.25) is 0 Å². The van der Waals surface area contributed by atoms with Crippen molar-refractivity contribution in [2.75, 3.05) is 5.32 Å². The summed E-state index contributed by atoms with van der Waals surface area (Å²) in [7, 11) is 0. The Morgan fingerprint density at radius 1 is 0.974 bits per heavy atom. The van der Waals surface area contributed by atoms with Gasteiger partial charge in [0.15, 0.2) is 11.5 Å². The Balaban J connectivity index is 1.40. The van der Waals surface area contributed by atoms with Gasteiger partial charge in [-0.25, -0.2) is 14.4 Å². The molecule has 6 aromatic heterocycles. The number of aromatic nitrogens is 8. The first-order valence-electron chi connectivity index (χ1n) is 12.3. The van der Waals surface area contributed by atoms with E-state index in [2.05, 4.69) is 40.4 Å². The van der Waals surface area contributed by atoms with Crippen LogP contribution in [0.25, 0.3) is 56.0 Å². The Kier molecular flexibility index (Phi) is 5.82. The summed E-state index contributed by atoms with van der Waals surface area (Å²) in [6.45, 7) is 5.95. The molecule has 6 aromatic rings. The lowest BCUT2D eigenvalue weighted by Crippen LogP contribution is -2.19. The van der Waals surface area contributed by atoms with E-state index in [1.807, 2.05) is 32.9 Å². The number of carbonyl (C=O) groups excluding carboxylic acids is 1. The van der Waals surface area contributed by atoms with Crippen molar-refractivity contribution in [1.82, 2.24) is 40.1 Å². The highest BCUT2D eigenvalue weighted by Gasteiger charge is 2.22. The van der Waals surface area contributed by atoms with Crippen LogP contribution in [0.3, 0.4) is 0 Å². The summed E-state index contributed by atoms with van der Waals surface area (Å²) in [6, 6.07) is 7.18. The number of rotatable bonds is 5. The molecule has 1 amide bonds. The molecule has 10 nitrogen and oxygen atoms in total. The van der Waals surface area contributed by atoms with E-state index < -0.39 is 5.82 Å². The first kappa shape index (κ1) is 24.3. The maximum absolute atomic E-state index is 16.1.